The SMILES string of the molecule is O=c1cc(NC2CCN(C(CC3=COCO3)Cc3ccccc3)CC2)c2cc(Cl)ccc2o1. The smallest absolute Gasteiger partial charge is 0.338 e. The second kappa shape index (κ2) is 9.89. The van der Waals surface area contributed by atoms with E-state index in [-0.39, 0.29) is 11.7 Å². The zero-order chi connectivity index (χ0) is 22.6. The molecule has 2 aliphatic rings. The minimum Gasteiger partial charge on any atom is -0.462 e. The maximum Gasteiger partial charge on any atom is 0.338 e. The van der Waals surface area contributed by atoms with E-state index in [4.69, 9.17) is 25.5 Å². The van der Waals surface area contributed by atoms with E-state index in [0.29, 0.717) is 23.4 Å². The molecule has 5 rings (SSSR count). The number of hydrogen-bond donors (Lipinski definition) is 1. The molecular weight excluding hydrogens is 440 g/mol. The summed E-state index contributed by atoms with van der Waals surface area (Å²) in [5.74, 6) is 0.913. The Morgan fingerprint density at radius 1 is 1.06 bits per heavy atom. The summed E-state index contributed by atoms with van der Waals surface area (Å²) in [5, 5.41) is 5.02. The van der Waals surface area contributed by atoms with Gasteiger partial charge in [-0.15, -0.1) is 0 Å². The predicted molar refractivity (Wildman–Crippen MR) is 129 cm³/mol. The van der Waals surface area contributed by atoms with E-state index in [2.05, 4.69) is 34.5 Å². The number of anilines is 1. The van der Waals surface area contributed by atoms with Gasteiger partial charge in [-0.1, -0.05) is 41.9 Å². The van der Waals surface area contributed by atoms with E-state index in [1.165, 1.54) is 11.6 Å². The van der Waals surface area contributed by atoms with Gasteiger partial charge in [0.2, 0.25) is 6.79 Å². The molecule has 0 saturated carbocycles. The van der Waals surface area contributed by atoms with Gasteiger partial charge < -0.3 is 19.2 Å². The molecule has 33 heavy (non-hydrogen) atoms. The van der Waals surface area contributed by atoms with Crippen LogP contribution in [0.4, 0.5) is 5.69 Å². The second-order valence-corrected chi connectivity index (χ2v) is 9.07. The molecule has 1 saturated heterocycles. The molecule has 0 bridgehead atoms. The Kier molecular flexibility index (Phi) is 6.55. The Labute approximate surface area is 197 Å². The van der Waals surface area contributed by atoms with E-state index < -0.39 is 0 Å². The average Bonchev–Trinajstić information content (AvgIpc) is 3.33. The third kappa shape index (κ3) is 5.34. The van der Waals surface area contributed by atoms with Gasteiger partial charge in [-0.3, -0.25) is 4.90 Å². The van der Waals surface area contributed by atoms with Gasteiger partial charge in [0.05, 0.1) is 5.69 Å². The molecule has 6 nitrogen and oxygen atoms in total. The zero-order valence-electron chi connectivity index (χ0n) is 18.3. The topological polar surface area (TPSA) is 63.9 Å². The molecule has 1 N–H and O–H groups in total. The molecule has 1 aromatic heterocycles. The van der Waals surface area contributed by atoms with Crippen LogP contribution < -0.4 is 10.9 Å². The lowest BCUT2D eigenvalue weighted by Crippen LogP contribution is -2.45. The monoisotopic (exact) mass is 466 g/mol. The molecule has 2 aliphatic heterocycles. The molecule has 3 heterocycles. The van der Waals surface area contributed by atoms with Gasteiger partial charge >= 0.3 is 5.63 Å². The highest BCUT2D eigenvalue weighted by Gasteiger charge is 2.27. The lowest BCUT2D eigenvalue weighted by molar-refractivity contribution is 0.0693. The number of fused-ring (bicyclic) bond motifs is 1. The number of nitrogens with zero attached hydrogens (tertiary/aromatic N) is 1. The van der Waals surface area contributed by atoms with Crippen LogP contribution in [0.5, 0.6) is 0 Å². The molecular formula is C26H27ClN2O4. The molecule has 2 aromatic carbocycles. The third-order valence-electron chi connectivity index (χ3n) is 6.39. The second-order valence-electron chi connectivity index (χ2n) is 8.63. The Morgan fingerprint density at radius 2 is 1.88 bits per heavy atom. The number of likely N-dealkylation sites (tertiary alicyclic amines) is 1. The minimum atomic E-state index is -0.361. The number of rotatable bonds is 7. The van der Waals surface area contributed by atoms with Crippen molar-refractivity contribution in [3.05, 3.63) is 87.6 Å². The first-order chi connectivity index (χ1) is 16.1. The number of halogens is 1. The number of benzene rings is 2. The van der Waals surface area contributed by atoms with Crippen molar-refractivity contribution in [2.75, 3.05) is 25.2 Å². The van der Waals surface area contributed by atoms with Crippen molar-refractivity contribution < 1.29 is 13.9 Å². The lowest BCUT2D eigenvalue weighted by atomic mass is 9.96. The average molecular weight is 467 g/mol. The van der Waals surface area contributed by atoms with Gasteiger partial charge in [0, 0.05) is 48.1 Å². The first-order valence-corrected chi connectivity index (χ1v) is 11.7. The third-order valence-corrected chi connectivity index (χ3v) is 6.62. The summed E-state index contributed by atoms with van der Waals surface area (Å²) in [4.78, 5) is 14.6. The van der Waals surface area contributed by atoms with Crippen molar-refractivity contribution in [3.63, 3.8) is 0 Å². The Hall–Kier alpha value is -2.96. The highest BCUT2D eigenvalue weighted by atomic mass is 35.5. The van der Waals surface area contributed by atoms with Gasteiger partial charge in [-0.2, -0.15) is 0 Å². The van der Waals surface area contributed by atoms with E-state index >= 15 is 0 Å². The zero-order valence-corrected chi connectivity index (χ0v) is 19.1. The summed E-state index contributed by atoms with van der Waals surface area (Å²) in [6.45, 7) is 2.23. The number of piperidine rings is 1. The fourth-order valence-corrected chi connectivity index (χ4v) is 4.88. The fraction of sp³-hybridized carbons (Fsp3) is 0.346. The van der Waals surface area contributed by atoms with E-state index in [0.717, 1.165) is 55.6 Å². The van der Waals surface area contributed by atoms with Crippen molar-refractivity contribution in [1.29, 1.82) is 0 Å². The summed E-state index contributed by atoms with van der Waals surface area (Å²) in [7, 11) is 0. The van der Waals surface area contributed by atoms with Crippen molar-refractivity contribution in [1.82, 2.24) is 4.90 Å². The molecule has 0 radical (unpaired) electrons. The van der Waals surface area contributed by atoms with Crippen molar-refractivity contribution in [3.8, 4) is 0 Å². The van der Waals surface area contributed by atoms with Gasteiger partial charge in [-0.05, 0) is 43.0 Å². The van der Waals surface area contributed by atoms with Crippen LogP contribution in [0.15, 0.2) is 75.8 Å². The number of nitrogens with one attached hydrogen (secondary N) is 1. The first-order valence-electron chi connectivity index (χ1n) is 11.4. The normalized spacial score (nSPS) is 17.9. The molecule has 0 spiro atoms. The summed E-state index contributed by atoms with van der Waals surface area (Å²) in [5.41, 5.74) is 2.29. The molecule has 7 heteroatoms. The standard InChI is InChI=1S/C26H27ClN2O4/c27-19-6-7-25-23(13-19)24(15-26(30)33-25)28-20-8-10-29(11-9-20)21(14-22-16-31-17-32-22)12-18-4-2-1-3-5-18/h1-7,13,15-16,20-21,28H,8-12,14,17H2. The molecule has 0 amide bonds. The van der Waals surface area contributed by atoms with Crippen LogP contribution in [0.3, 0.4) is 0 Å². The number of hydrogen-bond acceptors (Lipinski definition) is 6. The molecule has 0 aliphatic carbocycles. The Bertz CT molecular complexity index is 1190. The molecule has 172 valence electrons. The van der Waals surface area contributed by atoms with Crippen LogP contribution in [0, 0.1) is 0 Å². The summed E-state index contributed by atoms with van der Waals surface area (Å²) >= 11 is 6.19. The minimum absolute atomic E-state index is 0.271. The fourth-order valence-electron chi connectivity index (χ4n) is 4.71. The van der Waals surface area contributed by atoms with Crippen LogP contribution in [0.2, 0.25) is 5.02 Å². The molecule has 1 atom stereocenters. The largest absolute Gasteiger partial charge is 0.462 e. The summed E-state index contributed by atoms with van der Waals surface area (Å²) < 4.78 is 16.2. The lowest BCUT2D eigenvalue weighted by Gasteiger charge is -2.38. The van der Waals surface area contributed by atoms with E-state index in [1.807, 2.05) is 12.1 Å². The van der Waals surface area contributed by atoms with Gasteiger partial charge in [0.25, 0.3) is 0 Å². The maximum atomic E-state index is 12.0. The van der Waals surface area contributed by atoms with Crippen molar-refractivity contribution in [2.45, 2.75) is 37.8 Å². The highest BCUT2D eigenvalue weighted by molar-refractivity contribution is 6.31. The van der Waals surface area contributed by atoms with Gasteiger partial charge in [0.1, 0.15) is 17.6 Å². The van der Waals surface area contributed by atoms with E-state index in [1.54, 1.807) is 18.4 Å². The summed E-state index contributed by atoms with van der Waals surface area (Å²) in [6.07, 6.45) is 5.48. The predicted octanol–water partition coefficient (Wildman–Crippen LogP) is 5.17. The summed E-state index contributed by atoms with van der Waals surface area (Å²) in [6, 6.07) is 18.0. The molecule has 1 unspecified atom stereocenters. The Balaban J connectivity index is 1.27. The van der Waals surface area contributed by atoms with Crippen molar-refractivity contribution in [2.24, 2.45) is 0 Å². The quantitative estimate of drug-likeness (QED) is 0.485. The van der Waals surface area contributed by atoms with Gasteiger partial charge in [0.15, 0.2) is 0 Å². The Morgan fingerprint density at radius 3 is 2.64 bits per heavy atom. The molecule has 3 aromatic rings. The van der Waals surface area contributed by atoms with Crippen LogP contribution >= 0.6 is 11.6 Å². The van der Waals surface area contributed by atoms with Crippen LogP contribution in [0.25, 0.3) is 11.0 Å². The van der Waals surface area contributed by atoms with Crippen LogP contribution in [0.1, 0.15) is 24.8 Å². The number of ether oxygens (including phenoxy) is 2. The maximum absolute atomic E-state index is 12.0. The first kappa shape index (κ1) is 21.9. The van der Waals surface area contributed by atoms with Crippen LogP contribution in [-0.2, 0) is 15.9 Å². The van der Waals surface area contributed by atoms with Crippen LogP contribution in [-0.4, -0.2) is 36.9 Å². The highest BCUT2D eigenvalue weighted by Crippen LogP contribution is 2.28. The van der Waals surface area contributed by atoms with Gasteiger partial charge in [-0.25, -0.2) is 4.79 Å². The molecule has 1 fully saturated rings. The van der Waals surface area contributed by atoms with Crippen molar-refractivity contribution >= 4 is 28.3 Å². The van der Waals surface area contributed by atoms with E-state index in [9.17, 15) is 4.79 Å².